The molecule has 0 atom stereocenters. The molecule has 0 bridgehead atoms. The largest absolute Gasteiger partial charge is 0.350 e. The van der Waals surface area contributed by atoms with E-state index in [-0.39, 0.29) is 22.9 Å². The highest BCUT2D eigenvalue weighted by Gasteiger charge is 2.40. The summed E-state index contributed by atoms with van der Waals surface area (Å²) in [5.41, 5.74) is 3.25. The van der Waals surface area contributed by atoms with Crippen LogP contribution in [-0.2, 0) is 14.4 Å². The summed E-state index contributed by atoms with van der Waals surface area (Å²) in [5, 5.41) is 5.78. The number of halogens is 1. The zero-order chi connectivity index (χ0) is 24.4. The zero-order valence-corrected chi connectivity index (χ0v) is 19.1. The normalized spacial score (nSPS) is 13.6. The van der Waals surface area contributed by atoms with E-state index in [4.69, 9.17) is 0 Å². The summed E-state index contributed by atoms with van der Waals surface area (Å²) < 4.78 is 13.9. The molecule has 1 aliphatic rings. The molecule has 0 aromatic heterocycles. The van der Waals surface area contributed by atoms with E-state index in [1.54, 1.807) is 24.3 Å². The van der Waals surface area contributed by atoms with E-state index in [1.165, 1.54) is 25.1 Å². The van der Waals surface area contributed by atoms with Crippen LogP contribution in [0.4, 0.5) is 21.5 Å². The van der Waals surface area contributed by atoms with E-state index in [2.05, 4.69) is 24.5 Å². The van der Waals surface area contributed by atoms with Crippen LogP contribution in [0.3, 0.4) is 0 Å². The molecule has 172 valence electrons. The summed E-state index contributed by atoms with van der Waals surface area (Å²) in [4.78, 5) is 39.2. The van der Waals surface area contributed by atoms with Crippen LogP contribution >= 0.6 is 0 Å². The van der Waals surface area contributed by atoms with Crippen molar-refractivity contribution in [1.29, 1.82) is 0 Å². The molecule has 0 saturated carbocycles. The molecule has 7 heteroatoms. The molecule has 34 heavy (non-hydrogen) atoms. The maximum absolute atomic E-state index is 13.9. The van der Waals surface area contributed by atoms with Gasteiger partial charge in [-0.1, -0.05) is 44.2 Å². The number of hydrogen-bond acceptors (Lipinski definition) is 4. The highest BCUT2D eigenvalue weighted by Crippen LogP contribution is 2.34. The minimum absolute atomic E-state index is 0.0961. The van der Waals surface area contributed by atoms with Crippen molar-refractivity contribution in [3.05, 3.63) is 95.4 Å². The van der Waals surface area contributed by atoms with Crippen LogP contribution in [0.5, 0.6) is 0 Å². The number of anilines is 3. The van der Waals surface area contributed by atoms with E-state index in [0.717, 1.165) is 16.5 Å². The van der Waals surface area contributed by atoms with Crippen molar-refractivity contribution < 1.29 is 18.8 Å². The van der Waals surface area contributed by atoms with Crippen molar-refractivity contribution in [3.8, 4) is 0 Å². The third kappa shape index (κ3) is 4.59. The number of carbonyl (C=O) groups excluding carboxylic acids is 3. The fourth-order valence-corrected chi connectivity index (χ4v) is 3.78. The second kappa shape index (κ2) is 9.31. The third-order valence-corrected chi connectivity index (χ3v) is 5.49. The quantitative estimate of drug-likeness (QED) is 0.492. The Kier molecular flexibility index (Phi) is 6.27. The van der Waals surface area contributed by atoms with Crippen molar-refractivity contribution >= 4 is 40.4 Å². The molecule has 4 rings (SSSR count). The molecule has 0 fully saturated rings. The summed E-state index contributed by atoms with van der Waals surface area (Å²) in [6.07, 6.45) is 0. The van der Waals surface area contributed by atoms with Crippen LogP contribution in [0.15, 0.2) is 78.5 Å². The first-order valence-electron chi connectivity index (χ1n) is 10.9. The van der Waals surface area contributed by atoms with E-state index < -0.39 is 17.6 Å². The topological polar surface area (TPSA) is 78.5 Å². The van der Waals surface area contributed by atoms with Crippen LogP contribution in [0, 0.1) is 5.82 Å². The Morgan fingerprint density at radius 1 is 0.882 bits per heavy atom. The smallest absolute Gasteiger partial charge is 0.282 e. The first-order valence-corrected chi connectivity index (χ1v) is 10.9. The fourth-order valence-electron chi connectivity index (χ4n) is 3.78. The number of nitrogens with zero attached hydrogens (tertiary/aromatic N) is 1. The van der Waals surface area contributed by atoms with Crippen molar-refractivity contribution in [1.82, 2.24) is 0 Å². The number of carbonyl (C=O) groups is 3. The molecule has 0 aliphatic carbocycles. The molecule has 2 N–H and O–H groups in total. The number of rotatable bonds is 6. The standard InChI is InChI=1S/C27H24FN3O3/c1-16(2)18-7-11-22(12-8-18)30-25-24(19-9-13-21(14-10-19)29-17(3)32)26(33)31(27(25)34)23-6-4-5-20(28)15-23/h4-16,30H,1-3H3,(H,29,32). The molecule has 3 aromatic rings. The summed E-state index contributed by atoms with van der Waals surface area (Å²) in [6.45, 7) is 5.58. The van der Waals surface area contributed by atoms with Gasteiger partial charge in [-0.3, -0.25) is 14.4 Å². The molecule has 1 heterocycles. The molecule has 0 spiro atoms. The van der Waals surface area contributed by atoms with Gasteiger partial charge in [0.15, 0.2) is 0 Å². The maximum Gasteiger partial charge on any atom is 0.282 e. The number of benzene rings is 3. The minimum Gasteiger partial charge on any atom is -0.350 e. The SMILES string of the molecule is CC(=O)Nc1ccc(C2=C(Nc3ccc(C(C)C)cc3)C(=O)N(c3cccc(F)c3)C2=O)cc1. The van der Waals surface area contributed by atoms with Crippen LogP contribution in [0.1, 0.15) is 37.8 Å². The van der Waals surface area contributed by atoms with Gasteiger partial charge in [-0.05, 0) is 59.5 Å². The minimum atomic E-state index is -0.579. The lowest BCUT2D eigenvalue weighted by molar-refractivity contribution is -0.120. The van der Waals surface area contributed by atoms with E-state index >= 15 is 0 Å². The lowest BCUT2D eigenvalue weighted by Crippen LogP contribution is -2.32. The lowest BCUT2D eigenvalue weighted by Gasteiger charge is -2.15. The van der Waals surface area contributed by atoms with Crippen molar-refractivity contribution in [3.63, 3.8) is 0 Å². The Morgan fingerprint density at radius 3 is 2.12 bits per heavy atom. The van der Waals surface area contributed by atoms with Gasteiger partial charge in [0.2, 0.25) is 5.91 Å². The maximum atomic E-state index is 13.9. The summed E-state index contributed by atoms with van der Waals surface area (Å²) >= 11 is 0. The van der Waals surface area contributed by atoms with E-state index in [1.807, 2.05) is 24.3 Å². The average molecular weight is 458 g/mol. The highest BCUT2D eigenvalue weighted by molar-refractivity contribution is 6.46. The first kappa shape index (κ1) is 22.9. The number of amides is 3. The number of imide groups is 1. The predicted molar refractivity (Wildman–Crippen MR) is 131 cm³/mol. The summed E-state index contributed by atoms with van der Waals surface area (Å²) in [5.74, 6) is -1.56. The van der Waals surface area contributed by atoms with E-state index in [9.17, 15) is 18.8 Å². The molecule has 1 aliphatic heterocycles. The fraction of sp³-hybridized carbons (Fsp3) is 0.148. The van der Waals surface area contributed by atoms with Crippen molar-refractivity contribution in [2.45, 2.75) is 26.7 Å². The third-order valence-electron chi connectivity index (χ3n) is 5.49. The summed E-state index contributed by atoms with van der Waals surface area (Å²) in [7, 11) is 0. The van der Waals surface area contributed by atoms with E-state index in [0.29, 0.717) is 22.9 Å². The Morgan fingerprint density at radius 2 is 1.53 bits per heavy atom. The molecule has 0 saturated heterocycles. The summed E-state index contributed by atoms with van der Waals surface area (Å²) in [6, 6.07) is 19.6. The Bertz CT molecular complexity index is 1300. The molecule has 6 nitrogen and oxygen atoms in total. The molecule has 3 aromatic carbocycles. The van der Waals surface area contributed by atoms with Crippen molar-refractivity contribution in [2.24, 2.45) is 0 Å². The Labute approximate surface area is 197 Å². The molecule has 0 radical (unpaired) electrons. The van der Waals surface area contributed by atoms with Gasteiger partial charge >= 0.3 is 0 Å². The molecular formula is C27H24FN3O3. The molecular weight excluding hydrogens is 433 g/mol. The van der Waals surface area contributed by atoms with Gasteiger partial charge in [0, 0.05) is 18.3 Å². The second-order valence-electron chi connectivity index (χ2n) is 8.34. The van der Waals surface area contributed by atoms with Gasteiger partial charge in [0.1, 0.15) is 11.5 Å². The van der Waals surface area contributed by atoms with Crippen LogP contribution in [0.2, 0.25) is 0 Å². The Hall–Kier alpha value is -4.26. The van der Waals surface area contributed by atoms with Gasteiger partial charge in [0.05, 0.1) is 11.3 Å². The van der Waals surface area contributed by atoms with Gasteiger partial charge in [0.25, 0.3) is 11.8 Å². The Balaban J connectivity index is 1.76. The first-order chi connectivity index (χ1) is 16.2. The monoisotopic (exact) mass is 457 g/mol. The van der Waals surface area contributed by atoms with Gasteiger partial charge < -0.3 is 10.6 Å². The highest BCUT2D eigenvalue weighted by atomic mass is 19.1. The van der Waals surface area contributed by atoms with Crippen LogP contribution in [-0.4, -0.2) is 17.7 Å². The predicted octanol–water partition coefficient (Wildman–Crippen LogP) is 5.30. The van der Waals surface area contributed by atoms with Crippen LogP contribution in [0.25, 0.3) is 5.57 Å². The molecule has 0 unspecified atom stereocenters. The number of nitrogens with one attached hydrogen (secondary N) is 2. The van der Waals surface area contributed by atoms with Gasteiger partial charge in [-0.25, -0.2) is 9.29 Å². The zero-order valence-electron chi connectivity index (χ0n) is 19.1. The van der Waals surface area contributed by atoms with Crippen molar-refractivity contribution in [2.75, 3.05) is 15.5 Å². The number of hydrogen-bond donors (Lipinski definition) is 2. The van der Waals surface area contributed by atoms with Crippen LogP contribution < -0.4 is 15.5 Å². The molecule has 3 amide bonds. The second-order valence-corrected chi connectivity index (χ2v) is 8.34. The van der Waals surface area contributed by atoms with Gasteiger partial charge in [-0.2, -0.15) is 0 Å². The van der Waals surface area contributed by atoms with Gasteiger partial charge in [-0.15, -0.1) is 0 Å². The average Bonchev–Trinajstić information content (AvgIpc) is 3.03. The lowest BCUT2D eigenvalue weighted by atomic mass is 10.0.